The van der Waals surface area contributed by atoms with Crippen LogP contribution in [-0.2, 0) is 39.7 Å². The summed E-state index contributed by atoms with van der Waals surface area (Å²) in [6.07, 6.45) is 5.06. The van der Waals surface area contributed by atoms with Gasteiger partial charge in [0.05, 0.1) is 26.9 Å². The number of rotatable bonds is 8. The smallest absolute Gasteiger partial charge is 0.347 e. The third kappa shape index (κ3) is 9.59. The quantitative estimate of drug-likeness (QED) is 0.109. The third-order valence-corrected chi connectivity index (χ3v) is 13.7. The molecular weight excluding hydrogens is 909 g/mol. The van der Waals surface area contributed by atoms with Crippen LogP contribution in [0.2, 0.25) is 0 Å². The minimum atomic E-state index is -4.47. The Morgan fingerprint density at radius 2 is 1.32 bits per heavy atom. The van der Waals surface area contributed by atoms with Crippen LogP contribution in [0.15, 0.2) is 146 Å². The molecule has 2 N–H and O–H groups in total. The highest BCUT2D eigenvalue weighted by Gasteiger charge is 2.30. The van der Waals surface area contributed by atoms with E-state index in [2.05, 4.69) is 71.1 Å². The van der Waals surface area contributed by atoms with E-state index in [0.29, 0.717) is 45.1 Å². The lowest BCUT2D eigenvalue weighted by Gasteiger charge is -2.29. The number of hydrogen-bond acceptors (Lipinski definition) is 11. The second-order valence-corrected chi connectivity index (χ2v) is 19.6. The van der Waals surface area contributed by atoms with Gasteiger partial charge in [-0.1, -0.05) is 84.9 Å². The van der Waals surface area contributed by atoms with Gasteiger partial charge in [-0.3, -0.25) is 9.11 Å². The summed E-state index contributed by atoms with van der Waals surface area (Å²) in [5.74, 6) is 2.19. The van der Waals surface area contributed by atoms with Gasteiger partial charge in [-0.25, -0.2) is 4.79 Å². The summed E-state index contributed by atoms with van der Waals surface area (Å²) in [6.45, 7) is 7.09. The first-order valence-corrected chi connectivity index (χ1v) is 24.4. The van der Waals surface area contributed by atoms with Crippen LogP contribution in [-0.4, -0.2) is 75.9 Å². The van der Waals surface area contributed by atoms with Crippen molar-refractivity contribution in [1.82, 2.24) is 9.47 Å². The zero-order valence-corrected chi connectivity index (χ0v) is 39.9. The van der Waals surface area contributed by atoms with E-state index in [9.17, 15) is 21.6 Å². The highest BCUT2D eigenvalue weighted by Crippen LogP contribution is 2.47. The molecule has 0 radical (unpaired) electrons. The zero-order chi connectivity index (χ0) is 48.5. The molecule has 68 heavy (non-hydrogen) atoms. The predicted molar refractivity (Wildman–Crippen MR) is 262 cm³/mol. The number of fused-ring (bicyclic) bond motifs is 6. The molecule has 2 aliphatic heterocycles. The van der Waals surface area contributed by atoms with Crippen molar-refractivity contribution < 1.29 is 49.3 Å². The Bertz CT molecular complexity index is 3440. The summed E-state index contributed by atoms with van der Waals surface area (Å²) in [6, 6.07) is 36.0. The molecule has 10 rings (SSSR count). The van der Waals surface area contributed by atoms with Gasteiger partial charge < -0.3 is 32.8 Å². The first-order chi connectivity index (χ1) is 32.4. The molecule has 8 aromatic rings. The van der Waals surface area contributed by atoms with Gasteiger partial charge in [0.25, 0.3) is 20.2 Å². The van der Waals surface area contributed by atoms with Gasteiger partial charge in [0, 0.05) is 59.5 Å². The summed E-state index contributed by atoms with van der Waals surface area (Å²) in [5.41, 5.74) is 6.91. The fourth-order valence-corrected chi connectivity index (χ4v) is 10.2. The van der Waals surface area contributed by atoms with Crippen LogP contribution in [0.5, 0.6) is 23.0 Å². The first-order valence-electron chi connectivity index (χ1n) is 21.5. The molecule has 0 atom stereocenters. The van der Waals surface area contributed by atoms with E-state index in [-0.39, 0.29) is 10.8 Å². The summed E-state index contributed by atoms with van der Waals surface area (Å²) in [4.78, 5) is 14.5. The molecule has 4 heterocycles. The third-order valence-electron chi connectivity index (χ3n) is 11.9. The summed E-state index contributed by atoms with van der Waals surface area (Å²) in [5, 5.41) is 2.05. The molecule has 0 spiro atoms. The summed E-state index contributed by atoms with van der Waals surface area (Å²) >= 11 is 0. The fraction of sp³-hybridized carbons (Fsp3) is 0.212. The summed E-state index contributed by atoms with van der Waals surface area (Å²) in [7, 11) is -2.04. The van der Waals surface area contributed by atoms with E-state index in [1.54, 1.807) is 44.6 Å². The maximum absolute atomic E-state index is 12.9. The highest BCUT2D eigenvalue weighted by atomic mass is 32.2. The van der Waals surface area contributed by atoms with Gasteiger partial charge in [-0.15, -0.1) is 0 Å². The van der Waals surface area contributed by atoms with Gasteiger partial charge in [0.1, 0.15) is 54.9 Å². The highest BCUT2D eigenvalue weighted by molar-refractivity contribution is 7.86. The monoisotopic (exact) mass is 958 g/mol. The molecule has 0 saturated carbocycles. The standard InChI is InChI=1S/C23H22O6.C19H20N2.C10H8O6S2/c1-23(2)11-10-15-16(29-23)12-17-19(20(15)26-4)21(27-5)18(22(24)28-17)13-6-8-14(25-3)9-7-13;1-20-12-11-19-17(14-20)16-9-5-6-10-18(16)21(19)13-15-7-3-2-4-8-15;11-17(12,13)9-5-1-3-7-8(9)4-2-6-10(7)18(14,15)16/h6-12H,1-5H3;2-10H,11-14H2,1H3;1-6H,(H,11,12,13)(H,14,15,16). The largest absolute Gasteiger partial charge is 0.497 e. The molecule has 0 saturated heterocycles. The second-order valence-electron chi connectivity index (χ2n) is 16.8. The van der Waals surface area contributed by atoms with Crippen molar-refractivity contribution in [3.05, 3.63) is 160 Å². The van der Waals surface area contributed by atoms with Crippen molar-refractivity contribution in [2.75, 3.05) is 34.9 Å². The number of nitrogens with zero attached hydrogens (tertiary/aromatic N) is 2. The van der Waals surface area contributed by atoms with Gasteiger partial charge in [-0.05, 0) is 80.1 Å². The summed E-state index contributed by atoms with van der Waals surface area (Å²) < 4.78 is 93.5. The Kier molecular flexibility index (Phi) is 13.3. The molecule has 352 valence electrons. The Morgan fingerprint density at radius 3 is 1.93 bits per heavy atom. The van der Waals surface area contributed by atoms with Gasteiger partial charge in [-0.2, -0.15) is 16.8 Å². The van der Waals surface area contributed by atoms with Crippen molar-refractivity contribution in [2.45, 2.75) is 48.7 Å². The van der Waals surface area contributed by atoms with E-state index in [0.717, 1.165) is 43.8 Å². The molecule has 2 aromatic heterocycles. The lowest BCUT2D eigenvalue weighted by atomic mass is 9.98. The van der Waals surface area contributed by atoms with E-state index in [1.165, 1.54) is 59.1 Å². The molecule has 6 aromatic carbocycles. The maximum atomic E-state index is 12.9. The molecule has 0 bridgehead atoms. The SMILES string of the molecule is CN1CCc2c(c3ccccc3n2Cc2ccccc2)C1.COc1ccc(-c2c(OC)c3c(OC)c4c(cc3oc2=O)OC(C)(C)C=C4)cc1.O=S(=O)(O)c1cccc2c(S(=O)(=O)O)cccc12. The van der Waals surface area contributed by atoms with Crippen molar-refractivity contribution >= 4 is 59.0 Å². The van der Waals surface area contributed by atoms with Crippen molar-refractivity contribution in [3.63, 3.8) is 0 Å². The van der Waals surface area contributed by atoms with E-state index < -0.39 is 41.3 Å². The lowest BCUT2D eigenvalue weighted by Crippen LogP contribution is -2.27. The maximum Gasteiger partial charge on any atom is 0.347 e. The van der Waals surface area contributed by atoms with E-state index in [1.807, 2.05) is 26.0 Å². The number of aromatic nitrogens is 1. The van der Waals surface area contributed by atoms with Crippen molar-refractivity contribution in [3.8, 4) is 34.1 Å². The number of hydrogen-bond donors (Lipinski definition) is 2. The zero-order valence-electron chi connectivity index (χ0n) is 38.2. The Morgan fingerprint density at radius 1 is 0.721 bits per heavy atom. The molecule has 0 unspecified atom stereocenters. The normalized spacial score (nSPS) is 14.2. The molecule has 16 heteroatoms. The number of ether oxygens (including phenoxy) is 4. The Hall–Kier alpha value is -6.95. The fourth-order valence-electron chi connectivity index (χ4n) is 8.74. The van der Waals surface area contributed by atoms with E-state index >= 15 is 0 Å². The van der Waals surface area contributed by atoms with Crippen LogP contribution in [0.25, 0.3) is 49.8 Å². The minimum absolute atomic E-state index is 0.0233. The average Bonchev–Trinajstić information content (AvgIpc) is 3.61. The van der Waals surface area contributed by atoms with Crippen LogP contribution in [0, 0.1) is 0 Å². The van der Waals surface area contributed by atoms with Crippen LogP contribution in [0.3, 0.4) is 0 Å². The van der Waals surface area contributed by atoms with Gasteiger partial charge >= 0.3 is 5.63 Å². The second kappa shape index (κ2) is 19.0. The minimum Gasteiger partial charge on any atom is -0.497 e. The van der Waals surface area contributed by atoms with E-state index in [4.69, 9.17) is 32.5 Å². The number of likely N-dealkylation sites (N-methyl/N-ethyl adjacent to an activating group) is 1. The van der Waals surface area contributed by atoms with Crippen LogP contribution in [0.1, 0.15) is 36.2 Å². The number of benzene rings is 6. The Labute approximate surface area is 394 Å². The first kappa shape index (κ1) is 47.5. The topological polar surface area (TPSA) is 184 Å². The number of methoxy groups -OCH3 is 3. The van der Waals surface area contributed by atoms with Crippen LogP contribution < -0.4 is 24.6 Å². The molecule has 14 nitrogen and oxygen atoms in total. The number of para-hydroxylation sites is 1. The van der Waals surface area contributed by atoms with Crippen LogP contribution in [0.4, 0.5) is 0 Å². The van der Waals surface area contributed by atoms with Crippen molar-refractivity contribution in [2.24, 2.45) is 0 Å². The molecule has 0 aliphatic carbocycles. The predicted octanol–water partition coefficient (Wildman–Crippen LogP) is 9.68. The van der Waals surface area contributed by atoms with Crippen molar-refractivity contribution in [1.29, 1.82) is 0 Å². The Balaban J connectivity index is 0.000000143. The molecule has 0 fully saturated rings. The molecular formula is C52H50N2O12S2. The molecule has 2 aliphatic rings. The average molecular weight is 959 g/mol. The van der Waals surface area contributed by atoms with Crippen LogP contribution >= 0.6 is 0 Å². The molecule has 0 amide bonds. The van der Waals surface area contributed by atoms with Gasteiger partial charge in [0.15, 0.2) is 0 Å². The lowest BCUT2D eigenvalue weighted by molar-refractivity contribution is 0.158. The van der Waals surface area contributed by atoms with Gasteiger partial charge in [0.2, 0.25) is 0 Å².